The average molecular weight is 343 g/mol. The first-order valence-electron chi connectivity index (χ1n) is 8.70. The first kappa shape index (κ1) is 17.4. The van der Waals surface area contributed by atoms with Crippen LogP contribution in [0.3, 0.4) is 0 Å². The molecule has 2 unspecified atom stereocenters. The van der Waals surface area contributed by atoms with Crippen molar-refractivity contribution in [1.29, 1.82) is 0 Å². The zero-order valence-electron chi connectivity index (χ0n) is 14.5. The minimum atomic E-state index is -0.346. The molecule has 2 heterocycles. The lowest BCUT2D eigenvalue weighted by Crippen LogP contribution is -2.47. The Hall–Kier alpha value is -2.41. The SMILES string of the molecule is CC1(CNC(=O)NCc2ccc(-n3ccnc3)nc2)CCCCC1O. The Morgan fingerprint density at radius 1 is 1.40 bits per heavy atom. The van der Waals surface area contributed by atoms with E-state index in [2.05, 4.69) is 20.6 Å². The quantitative estimate of drug-likeness (QED) is 0.774. The number of imidazole rings is 1. The van der Waals surface area contributed by atoms with E-state index in [9.17, 15) is 9.90 Å². The third kappa shape index (κ3) is 4.36. The van der Waals surface area contributed by atoms with Gasteiger partial charge >= 0.3 is 6.03 Å². The predicted octanol–water partition coefficient (Wildman–Crippen LogP) is 2.01. The van der Waals surface area contributed by atoms with Gasteiger partial charge in [-0.15, -0.1) is 0 Å². The number of aliphatic hydroxyl groups excluding tert-OH is 1. The summed E-state index contributed by atoms with van der Waals surface area (Å²) in [6.45, 7) is 2.93. The van der Waals surface area contributed by atoms with E-state index in [1.165, 1.54) is 0 Å². The molecule has 7 nitrogen and oxygen atoms in total. The van der Waals surface area contributed by atoms with Crippen molar-refractivity contribution in [1.82, 2.24) is 25.2 Å². The molecule has 1 aliphatic rings. The predicted molar refractivity (Wildman–Crippen MR) is 94.2 cm³/mol. The molecule has 0 aliphatic heterocycles. The molecule has 2 atom stereocenters. The summed E-state index contributed by atoms with van der Waals surface area (Å²) in [5.74, 6) is 0.782. The number of nitrogens with zero attached hydrogens (tertiary/aromatic N) is 3. The molecule has 2 aromatic rings. The van der Waals surface area contributed by atoms with E-state index in [0.717, 1.165) is 37.1 Å². The normalized spacial score (nSPS) is 23.2. The molecule has 25 heavy (non-hydrogen) atoms. The van der Waals surface area contributed by atoms with Gasteiger partial charge < -0.3 is 15.7 Å². The van der Waals surface area contributed by atoms with E-state index < -0.39 is 0 Å². The van der Waals surface area contributed by atoms with Crippen LogP contribution in [0, 0.1) is 5.41 Å². The van der Waals surface area contributed by atoms with Crippen LogP contribution in [0.2, 0.25) is 0 Å². The molecule has 0 aromatic carbocycles. The van der Waals surface area contributed by atoms with Gasteiger partial charge in [0.1, 0.15) is 12.1 Å². The number of hydrogen-bond acceptors (Lipinski definition) is 4. The second-order valence-electron chi connectivity index (χ2n) is 6.95. The van der Waals surface area contributed by atoms with E-state index in [1.807, 2.05) is 29.8 Å². The molecule has 0 spiro atoms. The van der Waals surface area contributed by atoms with Crippen LogP contribution >= 0.6 is 0 Å². The van der Waals surface area contributed by atoms with E-state index >= 15 is 0 Å². The van der Waals surface area contributed by atoms with Gasteiger partial charge in [0.2, 0.25) is 0 Å². The number of aliphatic hydroxyl groups is 1. The Morgan fingerprint density at radius 3 is 2.96 bits per heavy atom. The molecule has 134 valence electrons. The van der Waals surface area contributed by atoms with E-state index in [-0.39, 0.29) is 17.6 Å². The monoisotopic (exact) mass is 343 g/mol. The molecule has 7 heteroatoms. The number of urea groups is 1. The molecule has 2 aromatic heterocycles. The molecule has 1 fully saturated rings. The third-order valence-electron chi connectivity index (χ3n) is 4.96. The highest BCUT2D eigenvalue weighted by Gasteiger charge is 2.35. The number of nitrogens with one attached hydrogen (secondary N) is 2. The van der Waals surface area contributed by atoms with Gasteiger partial charge in [0.25, 0.3) is 0 Å². The molecule has 2 amide bonds. The van der Waals surface area contributed by atoms with Crippen molar-refractivity contribution in [3.8, 4) is 5.82 Å². The van der Waals surface area contributed by atoms with Crippen LogP contribution in [0.5, 0.6) is 0 Å². The third-order valence-corrected chi connectivity index (χ3v) is 4.96. The zero-order chi connectivity index (χ0) is 17.7. The van der Waals surface area contributed by atoms with Crippen molar-refractivity contribution in [2.75, 3.05) is 6.54 Å². The van der Waals surface area contributed by atoms with Crippen LogP contribution in [0.25, 0.3) is 5.82 Å². The standard InChI is InChI=1S/C18H25N5O2/c1-18(7-3-2-4-15(18)24)12-22-17(25)21-11-14-5-6-16(20-10-14)23-9-8-19-13-23/h5-6,8-10,13,15,24H,2-4,7,11-12H2,1H3,(H2,21,22,25). The van der Waals surface area contributed by atoms with Gasteiger partial charge in [-0.3, -0.25) is 4.57 Å². The number of amides is 2. The number of pyridine rings is 1. The minimum Gasteiger partial charge on any atom is -0.392 e. The Balaban J connectivity index is 1.46. The topological polar surface area (TPSA) is 92.1 Å². The molecular weight excluding hydrogens is 318 g/mol. The van der Waals surface area contributed by atoms with Crippen molar-refractivity contribution >= 4 is 6.03 Å². The highest BCUT2D eigenvalue weighted by atomic mass is 16.3. The first-order chi connectivity index (χ1) is 12.1. The van der Waals surface area contributed by atoms with E-state index in [4.69, 9.17) is 0 Å². The summed E-state index contributed by atoms with van der Waals surface area (Å²) >= 11 is 0. The van der Waals surface area contributed by atoms with Crippen molar-refractivity contribution in [3.63, 3.8) is 0 Å². The summed E-state index contributed by atoms with van der Waals surface area (Å²) in [5, 5.41) is 15.9. The van der Waals surface area contributed by atoms with Crippen molar-refractivity contribution in [3.05, 3.63) is 42.6 Å². The summed E-state index contributed by atoms with van der Waals surface area (Å²) < 4.78 is 1.82. The summed E-state index contributed by atoms with van der Waals surface area (Å²) in [7, 11) is 0. The van der Waals surface area contributed by atoms with Gasteiger partial charge in [0.05, 0.1) is 6.10 Å². The zero-order valence-corrected chi connectivity index (χ0v) is 14.5. The van der Waals surface area contributed by atoms with Crippen LogP contribution in [0.4, 0.5) is 4.79 Å². The summed E-state index contributed by atoms with van der Waals surface area (Å²) in [6, 6.07) is 3.59. The number of hydrogen-bond donors (Lipinski definition) is 3. The van der Waals surface area contributed by atoms with Crippen LogP contribution in [0.1, 0.15) is 38.2 Å². The van der Waals surface area contributed by atoms with Crippen LogP contribution in [-0.4, -0.2) is 38.3 Å². The Bertz CT molecular complexity index is 686. The largest absolute Gasteiger partial charge is 0.392 e. The molecule has 1 aliphatic carbocycles. The average Bonchev–Trinajstić information content (AvgIpc) is 3.16. The minimum absolute atomic E-state index is 0.224. The highest BCUT2D eigenvalue weighted by molar-refractivity contribution is 5.73. The van der Waals surface area contributed by atoms with E-state index in [0.29, 0.717) is 13.1 Å². The second kappa shape index (κ2) is 7.65. The maximum Gasteiger partial charge on any atom is 0.315 e. The van der Waals surface area contributed by atoms with Gasteiger partial charge in [-0.2, -0.15) is 0 Å². The van der Waals surface area contributed by atoms with Gasteiger partial charge in [-0.05, 0) is 24.5 Å². The smallest absolute Gasteiger partial charge is 0.315 e. The lowest BCUT2D eigenvalue weighted by Gasteiger charge is -2.38. The fraction of sp³-hybridized carbons (Fsp3) is 0.500. The Labute approximate surface area is 147 Å². The summed E-state index contributed by atoms with van der Waals surface area (Å²) in [6.07, 6.45) is 10.5. The molecule has 0 saturated heterocycles. The lowest BCUT2D eigenvalue weighted by atomic mass is 9.73. The maximum atomic E-state index is 12.0. The van der Waals surface area contributed by atoms with Gasteiger partial charge in [0.15, 0.2) is 0 Å². The fourth-order valence-corrected chi connectivity index (χ4v) is 3.18. The van der Waals surface area contributed by atoms with Crippen molar-refractivity contribution in [2.45, 2.75) is 45.3 Å². The molecule has 0 bridgehead atoms. The molecule has 3 N–H and O–H groups in total. The molecular formula is C18H25N5O2. The Kier molecular flexibility index (Phi) is 5.33. The van der Waals surface area contributed by atoms with Crippen LogP contribution in [-0.2, 0) is 6.54 Å². The first-order valence-corrected chi connectivity index (χ1v) is 8.70. The van der Waals surface area contributed by atoms with Crippen molar-refractivity contribution < 1.29 is 9.90 Å². The number of rotatable bonds is 5. The fourth-order valence-electron chi connectivity index (χ4n) is 3.18. The van der Waals surface area contributed by atoms with Gasteiger partial charge in [-0.1, -0.05) is 25.8 Å². The van der Waals surface area contributed by atoms with Crippen LogP contribution in [0.15, 0.2) is 37.1 Å². The summed E-state index contributed by atoms with van der Waals surface area (Å²) in [4.78, 5) is 20.4. The maximum absolute atomic E-state index is 12.0. The molecule has 1 saturated carbocycles. The second-order valence-corrected chi connectivity index (χ2v) is 6.95. The van der Waals surface area contributed by atoms with E-state index in [1.54, 1.807) is 18.7 Å². The Morgan fingerprint density at radius 2 is 2.28 bits per heavy atom. The summed E-state index contributed by atoms with van der Waals surface area (Å²) in [5.41, 5.74) is 0.687. The van der Waals surface area contributed by atoms with Crippen LogP contribution < -0.4 is 10.6 Å². The van der Waals surface area contributed by atoms with Crippen molar-refractivity contribution in [2.24, 2.45) is 5.41 Å². The highest BCUT2D eigenvalue weighted by Crippen LogP contribution is 2.35. The molecule has 3 rings (SSSR count). The number of carbonyl (C=O) groups excluding carboxylic acids is 1. The van der Waals surface area contributed by atoms with Gasteiger partial charge in [0, 0.05) is 37.1 Å². The number of aromatic nitrogens is 3. The lowest BCUT2D eigenvalue weighted by molar-refractivity contribution is 0.00309. The number of carbonyl (C=O) groups is 1. The molecule has 0 radical (unpaired) electrons. The van der Waals surface area contributed by atoms with Gasteiger partial charge in [-0.25, -0.2) is 14.8 Å².